The molecule has 1 atom stereocenters. The van der Waals surface area contributed by atoms with Crippen LogP contribution in [-0.2, 0) is 20.0 Å². The summed E-state index contributed by atoms with van der Waals surface area (Å²) >= 11 is 0. The highest BCUT2D eigenvalue weighted by molar-refractivity contribution is 7.92. The third kappa shape index (κ3) is 4.40. The number of nitrogens with zero attached hydrogens (tertiary/aromatic N) is 1. The standard InChI is InChI=1S/C12H19N3O5S2/c1-21(17,18)14-10-2-4-12(5-3-10)22(19,20)15-7-6-13-8-11(16)9-15/h2-5,11,13-14,16H,6-9H2,1H3. The summed E-state index contributed by atoms with van der Waals surface area (Å²) in [5.74, 6) is 0. The highest BCUT2D eigenvalue weighted by atomic mass is 32.2. The third-order valence-corrected chi connectivity index (χ3v) is 5.61. The summed E-state index contributed by atoms with van der Waals surface area (Å²) < 4.78 is 50.8. The number of hydrogen-bond acceptors (Lipinski definition) is 6. The van der Waals surface area contributed by atoms with E-state index in [2.05, 4.69) is 10.0 Å². The number of aliphatic hydroxyl groups excluding tert-OH is 1. The van der Waals surface area contributed by atoms with Crippen molar-refractivity contribution in [2.24, 2.45) is 0 Å². The van der Waals surface area contributed by atoms with Gasteiger partial charge in [-0.3, -0.25) is 4.72 Å². The fourth-order valence-corrected chi connectivity index (χ4v) is 4.18. The van der Waals surface area contributed by atoms with Crippen LogP contribution in [0.1, 0.15) is 0 Å². The van der Waals surface area contributed by atoms with Gasteiger partial charge >= 0.3 is 0 Å². The van der Waals surface area contributed by atoms with E-state index in [1.807, 2.05) is 0 Å². The molecule has 0 spiro atoms. The Morgan fingerprint density at radius 2 is 1.86 bits per heavy atom. The lowest BCUT2D eigenvalue weighted by molar-refractivity contribution is 0.159. The zero-order chi connectivity index (χ0) is 16.4. The lowest BCUT2D eigenvalue weighted by Gasteiger charge is -2.21. The second kappa shape index (κ2) is 6.50. The average Bonchev–Trinajstić information content (AvgIpc) is 2.62. The normalized spacial score (nSPS) is 21.3. The van der Waals surface area contributed by atoms with Gasteiger partial charge in [0.05, 0.1) is 17.3 Å². The van der Waals surface area contributed by atoms with Crippen LogP contribution in [0.15, 0.2) is 29.2 Å². The number of anilines is 1. The molecule has 22 heavy (non-hydrogen) atoms. The number of nitrogens with one attached hydrogen (secondary N) is 2. The zero-order valence-electron chi connectivity index (χ0n) is 12.1. The van der Waals surface area contributed by atoms with Crippen LogP contribution in [0, 0.1) is 0 Å². The van der Waals surface area contributed by atoms with Gasteiger partial charge in [-0.2, -0.15) is 4.31 Å². The molecular weight excluding hydrogens is 330 g/mol. The maximum Gasteiger partial charge on any atom is 0.243 e. The van der Waals surface area contributed by atoms with E-state index in [-0.39, 0.29) is 18.0 Å². The summed E-state index contributed by atoms with van der Waals surface area (Å²) in [6, 6.07) is 5.46. The van der Waals surface area contributed by atoms with E-state index in [9.17, 15) is 21.9 Å². The van der Waals surface area contributed by atoms with Gasteiger partial charge in [-0.1, -0.05) is 0 Å². The van der Waals surface area contributed by atoms with Gasteiger partial charge in [0, 0.05) is 31.9 Å². The van der Waals surface area contributed by atoms with Crippen LogP contribution in [-0.4, -0.2) is 64.8 Å². The molecule has 1 heterocycles. The second-order valence-corrected chi connectivity index (χ2v) is 8.81. The molecule has 1 fully saturated rings. The zero-order valence-corrected chi connectivity index (χ0v) is 13.7. The average molecular weight is 349 g/mol. The second-order valence-electron chi connectivity index (χ2n) is 5.12. The summed E-state index contributed by atoms with van der Waals surface area (Å²) in [7, 11) is -7.13. The van der Waals surface area contributed by atoms with E-state index in [0.717, 1.165) is 6.26 Å². The first kappa shape index (κ1) is 17.2. The lowest BCUT2D eigenvalue weighted by atomic mass is 10.3. The number of β-amino-alcohol motifs (C(OH)–C–C–N with tert-alkyl or cyclic N) is 1. The first-order valence-electron chi connectivity index (χ1n) is 6.65. The highest BCUT2D eigenvalue weighted by Crippen LogP contribution is 2.19. The molecule has 0 saturated carbocycles. The Bertz CT molecular complexity index is 716. The quantitative estimate of drug-likeness (QED) is 0.643. The van der Waals surface area contributed by atoms with Crippen molar-refractivity contribution in [3.63, 3.8) is 0 Å². The molecule has 0 bridgehead atoms. The van der Waals surface area contributed by atoms with Crippen LogP contribution in [0.25, 0.3) is 0 Å². The van der Waals surface area contributed by atoms with Gasteiger partial charge in [-0.05, 0) is 24.3 Å². The van der Waals surface area contributed by atoms with Gasteiger partial charge in [0.1, 0.15) is 0 Å². The predicted octanol–water partition coefficient (Wildman–Crippen LogP) is -0.987. The molecule has 2 rings (SSSR count). The topological polar surface area (TPSA) is 116 Å². The molecule has 1 aliphatic rings. The van der Waals surface area contributed by atoms with Gasteiger partial charge in [-0.25, -0.2) is 16.8 Å². The monoisotopic (exact) mass is 349 g/mol. The van der Waals surface area contributed by atoms with Crippen molar-refractivity contribution in [3.05, 3.63) is 24.3 Å². The lowest BCUT2D eigenvalue weighted by Crippen LogP contribution is -2.37. The van der Waals surface area contributed by atoms with Crippen molar-refractivity contribution in [2.75, 3.05) is 37.2 Å². The molecule has 1 saturated heterocycles. The van der Waals surface area contributed by atoms with E-state index in [1.165, 1.54) is 28.6 Å². The van der Waals surface area contributed by atoms with Gasteiger partial charge < -0.3 is 10.4 Å². The minimum Gasteiger partial charge on any atom is -0.390 e. The predicted molar refractivity (Wildman–Crippen MR) is 82.5 cm³/mol. The maximum atomic E-state index is 12.5. The fourth-order valence-electron chi connectivity index (χ4n) is 2.14. The number of sulfonamides is 2. The number of benzene rings is 1. The maximum absolute atomic E-state index is 12.5. The van der Waals surface area contributed by atoms with Crippen LogP contribution in [0.3, 0.4) is 0 Å². The molecule has 124 valence electrons. The number of hydrogen-bond donors (Lipinski definition) is 3. The first-order valence-corrected chi connectivity index (χ1v) is 9.98. The Hall–Kier alpha value is -1.20. The molecule has 0 aromatic heterocycles. The molecule has 3 N–H and O–H groups in total. The SMILES string of the molecule is CS(=O)(=O)Nc1ccc(S(=O)(=O)N2CCNCC(O)C2)cc1. The Balaban J connectivity index is 2.22. The summed E-state index contributed by atoms with van der Waals surface area (Å²) in [6.45, 7) is 1.11. The van der Waals surface area contributed by atoms with E-state index in [0.29, 0.717) is 18.8 Å². The van der Waals surface area contributed by atoms with Gasteiger partial charge in [-0.15, -0.1) is 0 Å². The molecule has 10 heteroatoms. The first-order chi connectivity index (χ1) is 10.2. The van der Waals surface area contributed by atoms with E-state index in [4.69, 9.17) is 0 Å². The van der Waals surface area contributed by atoms with Gasteiger partial charge in [0.25, 0.3) is 0 Å². The van der Waals surface area contributed by atoms with Crippen molar-refractivity contribution < 1.29 is 21.9 Å². The number of rotatable bonds is 4. The number of aliphatic hydroxyl groups is 1. The van der Waals surface area contributed by atoms with Crippen molar-refractivity contribution in [3.8, 4) is 0 Å². The minimum absolute atomic E-state index is 0.0265. The summed E-state index contributed by atoms with van der Waals surface area (Å²) in [4.78, 5) is 0.0562. The molecule has 8 nitrogen and oxygen atoms in total. The largest absolute Gasteiger partial charge is 0.390 e. The molecule has 1 unspecified atom stereocenters. The van der Waals surface area contributed by atoms with Crippen molar-refractivity contribution in [1.29, 1.82) is 0 Å². The van der Waals surface area contributed by atoms with Crippen LogP contribution in [0.5, 0.6) is 0 Å². The summed E-state index contributed by atoms with van der Waals surface area (Å²) in [5, 5.41) is 12.6. The third-order valence-electron chi connectivity index (χ3n) is 3.13. The van der Waals surface area contributed by atoms with E-state index < -0.39 is 26.2 Å². The summed E-state index contributed by atoms with van der Waals surface area (Å²) in [6.07, 6.45) is 0.256. The van der Waals surface area contributed by atoms with Crippen LogP contribution in [0.2, 0.25) is 0 Å². The smallest absolute Gasteiger partial charge is 0.243 e. The van der Waals surface area contributed by atoms with Crippen LogP contribution >= 0.6 is 0 Å². The highest BCUT2D eigenvalue weighted by Gasteiger charge is 2.28. The Kier molecular flexibility index (Phi) is 5.07. The molecule has 1 aromatic rings. The van der Waals surface area contributed by atoms with Crippen molar-refractivity contribution in [2.45, 2.75) is 11.0 Å². The van der Waals surface area contributed by atoms with Crippen molar-refractivity contribution in [1.82, 2.24) is 9.62 Å². The van der Waals surface area contributed by atoms with Crippen LogP contribution in [0.4, 0.5) is 5.69 Å². The van der Waals surface area contributed by atoms with Crippen LogP contribution < -0.4 is 10.0 Å². The van der Waals surface area contributed by atoms with E-state index >= 15 is 0 Å². The Morgan fingerprint density at radius 1 is 1.23 bits per heavy atom. The Labute approximate surface area is 130 Å². The molecule has 0 aliphatic carbocycles. The van der Waals surface area contributed by atoms with Gasteiger partial charge in [0.2, 0.25) is 20.0 Å². The minimum atomic E-state index is -3.72. The molecule has 0 amide bonds. The Morgan fingerprint density at radius 3 is 2.45 bits per heavy atom. The fraction of sp³-hybridized carbons (Fsp3) is 0.500. The van der Waals surface area contributed by atoms with Gasteiger partial charge in [0.15, 0.2) is 0 Å². The molecular formula is C12H19N3O5S2. The molecule has 0 radical (unpaired) electrons. The van der Waals surface area contributed by atoms with Crippen molar-refractivity contribution >= 4 is 25.7 Å². The molecule has 1 aliphatic heterocycles. The van der Waals surface area contributed by atoms with E-state index in [1.54, 1.807) is 0 Å². The molecule has 1 aromatic carbocycles. The summed E-state index contributed by atoms with van der Waals surface area (Å²) in [5.41, 5.74) is 0.291.